The van der Waals surface area contributed by atoms with Gasteiger partial charge in [-0.05, 0) is 55.5 Å². The van der Waals surface area contributed by atoms with Crippen molar-refractivity contribution < 1.29 is 14.6 Å². The van der Waals surface area contributed by atoms with Crippen molar-refractivity contribution in [3.8, 4) is 5.88 Å². The maximum absolute atomic E-state index is 11.9. The van der Waals surface area contributed by atoms with E-state index in [1.807, 2.05) is 19.2 Å². The van der Waals surface area contributed by atoms with Crippen LogP contribution in [-0.4, -0.2) is 53.1 Å². The van der Waals surface area contributed by atoms with E-state index in [4.69, 9.17) is 4.74 Å². The largest absolute Gasteiger partial charge is 0.481 e. The number of benzene rings is 1. The molecule has 0 spiro atoms. The monoisotopic (exact) mass is 498 g/mol. The zero-order chi connectivity index (χ0) is 25.7. The number of carbonyl (C=O) groups is 1. The third-order valence-corrected chi connectivity index (χ3v) is 7.49. The summed E-state index contributed by atoms with van der Waals surface area (Å²) in [6.45, 7) is 5.73. The van der Waals surface area contributed by atoms with Crippen molar-refractivity contribution >= 4 is 17.0 Å². The van der Waals surface area contributed by atoms with Gasteiger partial charge in [0, 0.05) is 43.9 Å². The summed E-state index contributed by atoms with van der Waals surface area (Å²) in [5, 5.41) is 18.0. The van der Waals surface area contributed by atoms with Crippen LogP contribution in [0.4, 0.5) is 0 Å². The van der Waals surface area contributed by atoms with Gasteiger partial charge < -0.3 is 9.84 Å². The van der Waals surface area contributed by atoms with Gasteiger partial charge in [-0.2, -0.15) is 0 Å². The van der Waals surface area contributed by atoms with Gasteiger partial charge in [-0.3, -0.25) is 14.7 Å². The number of rotatable bonds is 5. The molecule has 3 aromatic heterocycles. The number of carboxylic acids is 1. The fourth-order valence-corrected chi connectivity index (χ4v) is 5.81. The number of carboxylic acid groups (broad SMARTS) is 1. The predicted molar refractivity (Wildman–Crippen MR) is 137 cm³/mol. The van der Waals surface area contributed by atoms with Crippen molar-refractivity contribution in [2.45, 2.75) is 57.2 Å². The van der Waals surface area contributed by atoms with Crippen molar-refractivity contribution in [2.75, 3.05) is 6.54 Å². The van der Waals surface area contributed by atoms with Crippen molar-refractivity contribution in [1.29, 1.82) is 0 Å². The molecule has 190 valence electrons. The number of aromatic nitrogens is 5. The van der Waals surface area contributed by atoms with E-state index in [1.54, 1.807) is 17.1 Å². The Morgan fingerprint density at radius 3 is 2.92 bits per heavy atom. The molecule has 0 saturated heterocycles. The number of hydrogen-bond acceptors (Lipinski definition) is 7. The second kappa shape index (κ2) is 8.92. The number of ether oxygens (including phenoxy) is 1. The number of aliphatic carboxylic acids is 1. The molecule has 1 N–H and O–H groups in total. The van der Waals surface area contributed by atoms with E-state index < -0.39 is 5.97 Å². The van der Waals surface area contributed by atoms with Gasteiger partial charge >= 0.3 is 5.97 Å². The zero-order valence-corrected chi connectivity index (χ0v) is 21.3. The van der Waals surface area contributed by atoms with Crippen molar-refractivity contribution in [3.05, 3.63) is 76.7 Å². The van der Waals surface area contributed by atoms with Gasteiger partial charge in [-0.25, -0.2) is 9.67 Å². The number of fused-ring (bicyclic) bond motifs is 3. The van der Waals surface area contributed by atoms with E-state index in [2.05, 4.69) is 63.3 Å². The molecule has 6 rings (SSSR count). The topological polar surface area (TPSA) is 106 Å². The summed E-state index contributed by atoms with van der Waals surface area (Å²) in [5.41, 5.74) is 6.44. The normalized spacial score (nSPS) is 19.6. The van der Waals surface area contributed by atoms with E-state index in [-0.39, 0.29) is 24.0 Å². The summed E-state index contributed by atoms with van der Waals surface area (Å²) in [5.74, 6) is -0.545. The third kappa shape index (κ3) is 4.44. The van der Waals surface area contributed by atoms with Crippen LogP contribution in [0.3, 0.4) is 0 Å². The van der Waals surface area contributed by atoms with Crippen LogP contribution in [0.1, 0.15) is 66.6 Å². The van der Waals surface area contributed by atoms with E-state index in [0.717, 1.165) is 42.6 Å². The van der Waals surface area contributed by atoms with Gasteiger partial charge in [0.25, 0.3) is 0 Å². The Morgan fingerprint density at radius 2 is 2.08 bits per heavy atom. The second-order valence-electron chi connectivity index (χ2n) is 10.7. The molecule has 0 fully saturated rings. The Kier molecular flexibility index (Phi) is 5.67. The Morgan fingerprint density at radius 1 is 1.22 bits per heavy atom. The first-order valence-corrected chi connectivity index (χ1v) is 12.6. The summed E-state index contributed by atoms with van der Waals surface area (Å²) in [6.07, 6.45) is 5.45. The molecule has 0 radical (unpaired) electrons. The molecule has 0 saturated carbocycles. The average Bonchev–Trinajstić information content (AvgIpc) is 3.41. The number of aryl methyl sites for hydroxylation is 2. The molecule has 2 aliphatic rings. The summed E-state index contributed by atoms with van der Waals surface area (Å²) in [6, 6.07) is 12.5. The van der Waals surface area contributed by atoms with Gasteiger partial charge in [0.15, 0.2) is 0 Å². The lowest BCUT2D eigenvalue weighted by atomic mass is 9.89. The Labute approximate surface area is 215 Å². The van der Waals surface area contributed by atoms with Gasteiger partial charge in [0.05, 0.1) is 18.3 Å². The molecule has 4 aromatic rings. The maximum atomic E-state index is 11.9. The standard InChI is InChI=1S/C28H30N6O3/c1-28(2)16-34(15-19-5-4-10-29-27(19)37-28)24-9-8-17-6-7-18(11-21(17)24)20(12-26(35)36)22-13-23-25(14-30-22)33(3)32-31-23/h4-7,10-11,13-14,20,24H,8-9,12,15-16H2,1-3H3,(H,35,36). The quantitative estimate of drug-likeness (QED) is 0.440. The van der Waals surface area contributed by atoms with Crippen LogP contribution in [0, 0.1) is 0 Å². The first-order valence-electron chi connectivity index (χ1n) is 12.6. The highest BCUT2D eigenvalue weighted by molar-refractivity contribution is 5.74. The number of hydrogen-bond donors (Lipinski definition) is 1. The molecular formula is C28H30N6O3. The lowest BCUT2D eigenvalue weighted by Crippen LogP contribution is -2.41. The van der Waals surface area contributed by atoms with E-state index in [0.29, 0.717) is 17.1 Å². The highest BCUT2D eigenvalue weighted by atomic mass is 16.5. The summed E-state index contributed by atoms with van der Waals surface area (Å²) < 4.78 is 7.95. The van der Waals surface area contributed by atoms with Gasteiger partial charge in [0.1, 0.15) is 16.6 Å². The van der Waals surface area contributed by atoms with E-state index in [9.17, 15) is 9.90 Å². The van der Waals surface area contributed by atoms with Crippen molar-refractivity contribution in [2.24, 2.45) is 7.05 Å². The van der Waals surface area contributed by atoms with Crippen molar-refractivity contribution in [1.82, 2.24) is 29.9 Å². The summed E-state index contributed by atoms with van der Waals surface area (Å²) >= 11 is 0. The Hall–Kier alpha value is -3.85. The Balaban J connectivity index is 1.37. The molecular weight excluding hydrogens is 468 g/mol. The molecule has 2 atom stereocenters. The van der Waals surface area contributed by atoms with E-state index >= 15 is 0 Å². The van der Waals surface area contributed by atoms with E-state index in [1.165, 1.54) is 11.1 Å². The van der Waals surface area contributed by atoms with Crippen molar-refractivity contribution in [3.63, 3.8) is 0 Å². The Bertz CT molecular complexity index is 1500. The first-order chi connectivity index (χ1) is 17.8. The minimum Gasteiger partial charge on any atom is -0.481 e. The highest BCUT2D eigenvalue weighted by Crippen LogP contribution is 2.42. The van der Waals surface area contributed by atoms with Crippen LogP contribution in [0.25, 0.3) is 11.0 Å². The van der Waals surface area contributed by atoms with Crippen LogP contribution in [0.5, 0.6) is 5.88 Å². The molecule has 9 heteroatoms. The van der Waals surface area contributed by atoms with Crippen LogP contribution >= 0.6 is 0 Å². The van der Waals surface area contributed by atoms with Crippen LogP contribution < -0.4 is 4.74 Å². The third-order valence-electron chi connectivity index (χ3n) is 7.49. The number of pyridine rings is 2. The SMILES string of the molecule is Cn1nnc2cc(C(CC(=O)O)c3ccc4c(c3)C(N3Cc5cccnc5OC(C)(C)C3)CC4)ncc21. The molecule has 1 aliphatic carbocycles. The minimum atomic E-state index is -0.862. The molecule has 9 nitrogen and oxygen atoms in total. The predicted octanol–water partition coefficient (Wildman–Crippen LogP) is 4.03. The van der Waals surface area contributed by atoms with Gasteiger partial charge in [-0.15, -0.1) is 5.10 Å². The molecule has 4 heterocycles. The summed E-state index contributed by atoms with van der Waals surface area (Å²) in [7, 11) is 1.82. The lowest BCUT2D eigenvalue weighted by Gasteiger charge is -2.33. The highest BCUT2D eigenvalue weighted by Gasteiger charge is 2.36. The molecule has 2 unspecified atom stereocenters. The minimum absolute atomic E-state index is 0.0497. The zero-order valence-electron chi connectivity index (χ0n) is 21.3. The van der Waals surface area contributed by atoms with Crippen LogP contribution in [0.15, 0.2) is 48.8 Å². The fourth-order valence-electron chi connectivity index (χ4n) is 5.81. The maximum Gasteiger partial charge on any atom is 0.304 e. The van der Waals surface area contributed by atoms with Crippen LogP contribution in [-0.2, 0) is 24.8 Å². The molecule has 1 aliphatic heterocycles. The fraction of sp³-hybridized carbons (Fsp3) is 0.393. The smallest absolute Gasteiger partial charge is 0.304 e. The molecule has 37 heavy (non-hydrogen) atoms. The molecule has 0 amide bonds. The average molecular weight is 499 g/mol. The first kappa shape index (κ1) is 23.5. The lowest BCUT2D eigenvalue weighted by molar-refractivity contribution is -0.137. The second-order valence-corrected chi connectivity index (χ2v) is 10.7. The van der Waals surface area contributed by atoms with Gasteiger partial charge in [-0.1, -0.05) is 29.5 Å². The van der Waals surface area contributed by atoms with Gasteiger partial charge in [0.2, 0.25) is 5.88 Å². The molecule has 1 aromatic carbocycles. The van der Waals surface area contributed by atoms with Crippen LogP contribution in [0.2, 0.25) is 0 Å². The number of nitrogens with zero attached hydrogens (tertiary/aromatic N) is 6. The summed E-state index contributed by atoms with van der Waals surface area (Å²) in [4.78, 5) is 23.5. The molecule has 0 bridgehead atoms.